The van der Waals surface area contributed by atoms with Crippen LogP contribution in [0.5, 0.6) is 0 Å². The second-order valence-corrected chi connectivity index (χ2v) is 6.05. The number of amides is 2. The Hall–Kier alpha value is -1.86. The second kappa shape index (κ2) is 5.10. The minimum Gasteiger partial charge on any atom is -0.357 e. The van der Waals surface area contributed by atoms with Crippen LogP contribution in [0.15, 0.2) is 12.1 Å². The van der Waals surface area contributed by atoms with E-state index in [0.717, 1.165) is 12.0 Å². The van der Waals surface area contributed by atoms with Crippen LogP contribution in [0.4, 0.5) is 4.79 Å². The number of fused-ring (bicyclic) bond motifs is 1. The van der Waals surface area contributed by atoms with Gasteiger partial charge in [-0.3, -0.25) is 4.79 Å². The van der Waals surface area contributed by atoms with Gasteiger partial charge in [-0.2, -0.15) is 0 Å². The molecule has 1 aromatic rings. The Morgan fingerprint density at radius 2 is 2.23 bits per heavy atom. The van der Waals surface area contributed by atoms with Crippen LogP contribution in [0.25, 0.3) is 0 Å². The van der Waals surface area contributed by atoms with Gasteiger partial charge < -0.3 is 24.8 Å². The third-order valence-corrected chi connectivity index (χ3v) is 5.10. The number of ether oxygens (including phenoxy) is 1. The van der Waals surface area contributed by atoms with E-state index >= 15 is 0 Å². The molecule has 1 aromatic heterocycles. The first-order valence-electron chi connectivity index (χ1n) is 7.39. The summed E-state index contributed by atoms with van der Waals surface area (Å²) in [7, 11) is 5.26. The number of methoxy groups -OCH3 is 1. The molecule has 0 spiro atoms. The maximum absolute atomic E-state index is 12.0. The van der Waals surface area contributed by atoms with Crippen molar-refractivity contribution in [3.05, 3.63) is 23.5 Å². The Morgan fingerprint density at radius 3 is 2.82 bits per heavy atom. The standard InChI is InChI=1S/C15H22N4O3/c1-9-5-6-10(8-20)19(9)11-7-15(22-4)13(12(11)16-2)18(3)14(21)17-15/h5-6,8,11-13,16H,7H2,1-4H3,(H,17,21). The lowest BCUT2D eigenvalue weighted by Crippen LogP contribution is -2.53. The number of nitrogens with one attached hydrogen (secondary N) is 2. The van der Waals surface area contributed by atoms with Crippen LogP contribution in [-0.4, -0.2) is 60.8 Å². The van der Waals surface area contributed by atoms with E-state index in [9.17, 15) is 9.59 Å². The van der Waals surface area contributed by atoms with Crippen molar-refractivity contribution in [1.82, 2.24) is 20.1 Å². The second-order valence-electron chi connectivity index (χ2n) is 6.05. The molecule has 7 heteroatoms. The lowest BCUT2D eigenvalue weighted by molar-refractivity contribution is -0.0375. The maximum atomic E-state index is 12.0. The normalized spacial score (nSPS) is 33.9. The predicted molar refractivity (Wildman–Crippen MR) is 80.9 cm³/mol. The van der Waals surface area contributed by atoms with Gasteiger partial charge in [-0.1, -0.05) is 0 Å². The first-order valence-corrected chi connectivity index (χ1v) is 7.39. The lowest BCUT2D eigenvalue weighted by Gasteiger charge is -2.31. The maximum Gasteiger partial charge on any atom is 0.319 e. The highest BCUT2D eigenvalue weighted by atomic mass is 16.5. The highest BCUT2D eigenvalue weighted by Gasteiger charge is 2.62. The number of urea groups is 1. The highest BCUT2D eigenvalue weighted by Crippen LogP contribution is 2.45. The van der Waals surface area contributed by atoms with Gasteiger partial charge in [0, 0.05) is 26.3 Å². The van der Waals surface area contributed by atoms with Crippen molar-refractivity contribution in [3.8, 4) is 0 Å². The fraction of sp³-hybridized carbons (Fsp3) is 0.600. The van der Waals surface area contributed by atoms with Crippen molar-refractivity contribution in [1.29, 1.82) is 0 Å². The molecule has 1 saturated heterocycles. The zero-order valence-corrected chi connectivity index (χ0v) is 13.3. The van der Waals surface area contributed by atoms with Gasteiger partial charge in [-0.25, -0.2) is 4.79 Å². The van der Waals surface area contributed by atoms with Crippen LogP contribution in [0.3, 0.4) is 0 Å². The van der Waals surface area contributed by atoms with Crippen LogP contribution in [-0.2, 0) is 4.74 Å². The summed E-state index contributed by atoms with van der Waals surface area (Å²) in [5.74, 6) is 0. The van der Waals surface area contributed by atoms with E-state index in [-0.39, 0.29) is 24.2 Å². The van der Waals surface area contributed by atoms with Crippen molar-refractivity contribution in [2.24, 2.45) is 0 Å². The molecule has 4 unspecified atom stereocenters. The smallest absolute Gasteiger partial charge is 0.319 e. The van der Waals surface area contributed by atoms with E-state index in [2.05, 4.69) is 10.6 Å². The number of rotatable bonds is 4. The largest absolute Gasteiger partial charge is 0.357 e. The minimum atomic E-state index is -0.735. The third-order valence-electron chi connectivity index (χ3n) is 5.10. The van der Waals surface area contributed by atoms with Crippen LogP contribution in [0.2, 0.25) is 0 Å². The van der Waals surface area contributed by atoms with E-state index in [0.29, 0.717) is 12.1 Å². The van der Waals surface area contributed by atoms with Gasteiger partial charge in [-0.05, 0) is 26.1 Å². The van der Waals surface area contributed by atoms with Gasteiger partial charge in [0.25, 0.3) is 0 Å². The number of aromatic nitrogens is 1. The van der Waals surface area contributed by atoms with Crippen molar-refractivity contribution in [2.45, 2.75) is 37.2 Å². The molecule has 120 valence electrons. The molecule has 22 heavy (non-hydrogen) atoms. The minimum absolute atomic E-state index is 0.0197. The molecule has 2 amide bonds. The van der Waals surface area contributed by atoms with Gasteiger partial charge in [0.05, 0.1) is 23.8 Å². The molecule has 3 rings (SSSR count). The molecule has 2 N–H and O–H groups in total. The zero-order valence-electron chi connectivity index (χ0n) is 13.3. The zero-order chi connectivity index (χ0) is 16.1. The number of nitrogens with zero attached hydrogens (tertiary/aromatic N) is 2. The first kappa shape index (κ1) is 15.1. The van der Waals surface area contributed by atoms with Crippen molar-refractivity contribution in [3.63, 3.8) is 0 Å². The fourth-order valence-corrected chi connectivity index (χ4v) is 4.11. The summed E-state index contributed by atoms with van der Waals surface area (Å²) in [6.07, 6.45) is 1.47. The summed E-state index contributed by atoms with van der Waals surface area (Å²) in [5.41, 5.74) is 0.927. The molecule has 2 aliphatic rings. The Labute approximate surface area is 129 Å². The monoisotopic (exact) mass is 306 g/mol. The van der Waals surface area contributed by atoms with Crippen LogP contribution < -0.4 is 10.6 Å². The van der Waals surface area contributed by atoms with Crippen molar-refractivity contribution >= 4 is 12.3 Å². The Morgan fingerprint density at radius 1 is 1.50 bits per heavy atom. The quantitative estimate of drug-likeness (QED) is 0.795. The molecule has 1 saturated carbocycles. The summed E-state index contributed by atoms with van der Waals surface area (Å²) >= 11 is 0. The van der Waals surface area contributed by atoms with Gasteiger partial charge in [0.2, 0.25) is 0 Å². The Bertz CT molecular complexity index is 614. The summed E-state index contributed by atoms with van der Waals surface area (Å²) < 4.78 is 7.76. The molecule has 0 bridgehead atoms. The van der Waals surface area contributed by atoms with Crippen molar-refractivity contribution in [2.75, 3.05) is 21.2 Å². The van der Waals surface area contributed by atoms with E-state index in [1.807, 2.05) is 30.7 Å². The summed E-state index contributed by atoms with van der Waals surface area (Å²) in [4.78, 5) is 25.1. The molecule has 0 radical (unpaired) electrons. The Balaban J connectivity index is 2.07. The number of carbonyl (C=O) groups is 2. The predicted octanol–water partition coefficient (Wildman–Crippen LogP) is 0.508. The SMILES string of the molecule is CNC1C(n2c(C)ccc2C=O)CC2(OC)NC(=O)N(C)C12. The molecular formula is C15H22N4O3. The number of hydrogen-bond donors (Lipinski definition) is 2. The van der Waals surface area contributed by atoms with Crippen LogP contribution in [0.1, 0.15) is 28.6 Å². The summed E-state index contributed by atoms with van der Waals surface area (Å²) in [6.45, 7) is 1.98. The molecule has 1 aliphatic carbocycles. The average molecular weight is 306 g/mol. The summed E-state index contributed by atoms with van der Waals surface area (Å²) in [6, 6.07) is 3.49. The van der Waals surface area contributed by atoms with Gasteiger partial charge in [0.1, 0.15) is 0 Å². The molecule has 2 heterocycles. The van der Waals surface area contributed by atoms with Crippen LogP contribution in [0, 0.1) is 6.92 Å². The number of hydrogen-bond acceptors (Lipinski definition) is 4. The lowest BCUT2D eigenvalue weighted by atomic mass is 10.1. The number of aldehydes is 1. The van der Waals surface area contributed by atoms with Crippen LogP contribution >= 0.6 is 0 Å². The topological polar surface area (TPSA) is 75.6 Å². The van der Waals surface area contributed by atoms with E-state index in [1.54, 1.807) is 19.1 Å². The van der Waals surface area contributed by atoms with E-state index in [4.69, 9.17) is 4.74 Å². The summed E-state index contributed by atoms with van der Waals surface area (Å²) in [5, 5.41) is 6.28. The number of aryl methyl sites for hydroxylation is 1. The van der Waals surface area contributed by atoms with E-state index in [1.165, 1.54) is 0 Å². The first-order chi connectivity index (χ1) is 10.5. The molecule has 2 fully saturated rings. The molecule has 0 aromatic carbocycles. The number of likely N-dealkylation sites (N-methyl/N-ethyl adjacent to an activating group) is 2. The van der Waals surface area contributed by atoms with Gasteiger partial charge in [0.15, 0.2) is 12.0 Å². The molecular weight excluding hydrogens is 284 g/mol. The number of carbonyl (C=O) groups excluding carboxylic acids is 2. The molecule has 7 nitrogen and oxygen atoms in total. The van der Waals surface area contributed by atoms with Crippen molar-refractivity contribution < 1.29 is 14.3 Å². The molecule has 4 atom stereocenters. The Kier molecular flexibility index (Phi) is 3.49. The van der Waals surface area contributed by atoms with Gasteiger partial charge >= 0.3 is 6.03 Å². The highest BCUT2D eigenvalue weighted by molar-refractivity contribution is 5.79. The average Bonchev–Trinajstić information content (AvgIpc) is 3.10. The van der Waals surface area contributed by atoms with Gasteiger partial charge in [-0.15, -0.1) is 0 Å². The fourth-order valence-electron chi connectivity index (χ4n) is 4.11. The molecule has 1 aliphatic heterocycles. The van der Waals surface area contributed by atoms with E-state index < -0.39 is 5.72 Å². The third kappa shape index (κ3) is 1.82.